The normalized spacial score (nSPS) is 21.4. The van der Waals surface area contributed by atoms with Gasteiger partial charge in [-0.1, -0.05) is 50.6 Å². The Kier molecular flexibility index (Phi) is 6.06. The highest BCUT2D eigenvalue weighted by Gasteiger charge is 2.33. The van der Waals surface area contributed by atoms with E-state index in [-0.39, 0.29) is 0 Å². The molecule has 1 aromatic rings. The quantitative estimate of drug-likeness (QED) is 0.852. The molecule has 3 unspecified atom stereocenters. The van der Waals surface area contributed by atoms with Crippen LogP contribution in [0.15, 0.2) is 30.3 Å². The van der Waals surface area contributed by atoms with Gasteiger partial charge >= 0.3 is 0 Å². The Balaban J connectivity index is 2.23. The number of ether oxygens (including phenoxy) is 1. The molecular weight excluding hydrogens is 246 g/mol. The predicted octanol–water partition coefficient (Wildman–Crippen LogP) is 3.83. The van der Waals surface area contributed by atoms with Crippen molar-refractivity contribution in [1.29, 1.82) is 0 Å². The Morgan fingerprint density at radius 2 is 1.85 bits per heavy atom. The Morgan fingerprint density at radius 3 is 2.40 bits per heavy atom. The van der Waals surface area contributed by atoms with E-state index >= 15 is 0 Å². The molecule has 1 fully saturated rings. The van der Waals surface area contributed by atoms with E-state index in [0.29, 0.717) is 17.9 Å². The summed E-state index contributed by atoms with van der Waals surface area (Å²) >= 11 is 0. The Bertz CT molecular complexity index is 372. The molecule has 0 amide bonds. The first-order valence-electron chi connectivity index (χ1n) is 8.07. The molecule has 20 heavy (non-hydrogen) atoms. The average Bonchev–Trinajstić information content (AvgIpc) is 2.53. The standard InChI is InChI=1S/C18H29NO/c1-4-14(2)17(15-8-6-5-7-9-15)18(19-3)16-10-12-20-13-11-16/h5-9,14,16-19H,4,10-13H2,1-3H3. The van der Waals surface area contributed by atoms with Gasteiger partial charge in [-0.05, 0) is 37.3 Å². The topological polar surface area (TPSA) is 21.3 Å². The first kappa shape index (κ1) is 15.5. The molecule has 0 spiro atoms. The van der Waals surface area contributed by atoms with E-state index in [0.717, 1.165) is 19.1 Å². The van der Waals surface area contributed by atoms with Crippen LogP contribution in [-0.2, 0) is 4.74 Å². The van der Waals surface area contributed by atoms with E-state index < -0.39 is 0 Å². The van der Waals surface area contributed by atoms with E-state index in [1.807, 2.05) is 0 Å². The highest BCUT2D eigenvalue weighted by atomic mass is 16.5. The van der Waals surface area contributed by atoms with Crippen molar-refractivity contribution in [3.63, 3.8) is 0 Å². The van der Waals surface area contributed by atoms with Crippen LogP contribution in [0.25, 0.3) is 0 Å². The molecule has 1 aliphatic rings. The summed E-state index contributed by atoms with van der Waals surface area (Å²) in [5, 5.41) is 3.63. The lowest BCUT2D eigenvalue weighted by molar-refractivity contribution is 0.0477. The molecule has 3 atom stereocenters. The molecule has 1 N–H and O–H groups in total. The third-order valence-corrected chi connectivity index (χ3v) is 4.94. The minimum Gasteiger partial charge on any atom is -0.381 e. The van der Waals surface area contributed by atoms with Crippen LogP contribution in [0.2, 0.25) is 0 Å². The molecule has 0 bridgehead atoms. The molecule has 0 radical (unpaired) electrons. The van der Waals surface area contributed by atoms with Gasteiger partial charge in [-0.25, -0.2) is 0 Å². The summed E-state index contributed by atoms with van der Waals surface area (Å²) in [6.45, 7) is 6.54. The maximum Gasteiger partial charge on any atom is 0.0469 e. The number of rotatable bonds is 6. The van der Waals surface area contributed by atoms with Crippen molar-refractivity contribution in [3.05, 3.63) is 35.9 Å². The maximum atomic E-state index is 5.54. The summed E-state index contributed by atoms with van der Waals surface area (Å²) in [5.74, 6) is 2.01. The molecule has 0 aliphatic carbocycles. The van der Waals surface area contributed by atoms with Gasteiger partial charge in [-0.3, -0.25) is 0 Å². The zero-order valence-corrected chi connectivity index (χ0v) is 13.1. The minimum atomic E-state index is 0.552. The maximum absolute atomic E-state index is 5.54. The summed E-state index contributed by atoms with van der Waals surface area (Å²) in [5.41, 5.74) is 1.48. The predicted molar refractivity (Wildman–Crippen MR) is 85.0 cm³/mol. The largest absolute Gasteiger partial charge is 0.381 e. The van der Waals surface area contributed by atoms with E-state index in [2.05, 4.69) is 56.5 Å². The summed E-state index contributed by atoms with van der Waals surface area (Å²) in [6.07, 6.45) is 3.59. The van der Waals surface area contributed by atoms with Crippen molar-refractivity contribution in [1.82, 2.24) is 5.32 Å². The summed E-state index contributed by atoms with van der Waals surface area (Å²) in [4.78, 5) is 0. The SMILES string of the molecule is CCC(C)C(c1ccccc1)C(NC)C1CCOCC1. The fourth-order valence-corrected chi connectivity index (χ4v) is 3.60. The second kappa shape index (κ2) is 7.80. The van der Waals surface area contributed by atoms with E-state index in [1.165, 1.54) is 24.8 Å². The van der Waals surface area contributed by atoms with Crippen molar-refractivity contribution < 1.29 is 4.74 Å². The molecule has 1 aliphatic heterocycles. The first-order valence-corrected chi connectivity index (χ1v) is 8.07. The second-order valence-electron chi connectivity index (χ2n) is 6.09. The van der Waals surface area contributed by atoms with Crippen molar-refractivity contribution in [3.8, 4) is 0 Å². The van der Waals surface area contributed by atoms with Crippen LogP contribution in [-0.4, -0.2) is 26.3 Å². The number of likely N-dealkylation sites (N-methyl/N-ethyl adjacent to an activating group) is 1. The third-order valence-electron chi connectivity index (χ3n) is 4.94. The van der Waals surface area contributed by atoms with Crippen molar-refractivity contribution in [2.75, 3.05) is 20.3 Å². The van der Waals surface area contributed by atoms with Crippen LogP contribution in [0, 0.1) is 11.8 Å². The van der Waals surface area contributed by atoms with Crippen LogP contribution in [0.3, 0.4) is 0 Å². The van der Waals surface area contributed by atoms with Gasteiger partial charge < -0.3 is 10.1 Å². The van der Waals surface area contributed by atoms with E-state index in [4.69, 9.17) is 4.74 Å². The summed E-state index contributed by atoms with van der Waals surface area (Å²) in [6, 6.07) is 11.6. The van der Waals surface area contributed by atoms with Crippen molar-refractivity contribution in [2.24, 2.45) is 11.8 Å². The average molecular weight is 275 g/mol. The smallest absolute Gasteiger partial charge is 0.0469 e. The fourth-order valence-electron chi connectivity index (χ4n) is 3.60. The number of benzene rings is 1. The lowest BCUT2D eigenvalue weighted by Gasteiger charge is -2.38. The van der Waals surface area contributed by atoms with Crippen molar-refractivity contribution >= 4 is 0 Å². The lowest BCUT2D eigenvalue weighted by atomic mass is 9.73. The summed E-state index contributed by atoms with van der Waals surface area (Å²) < 4.78 is 5.54. The molecule has 0 saturated carbocycles. The monoisotopic (exact) mass is 275 g/mol. The van der Waals surface area contributed by atoms with Gasteiger partial charge in [-0.2, -0.15) is 0 Å². The molecule has 1 aromatic carbocycles. The highest BCUT2D eigenvalue weighted by Crippen LogP contribution is 2.36. The van der Waals surface area contributed by atoms with Gasteiger partial charge in [0.2, 0.25) is 0 Å². The van der Waals surface area contributed by atoms with Gasteiger partial charge in [0.15, 0.2) is 0 Å². The molecule has 2 heteroatoms. The van der Waals surface area contributed by atoms with Crippen molar-refractivity contribution in [2.45, 2.75) is 45.1 Å². The van der Waals surface area contributed by atoms with Crippen LogP contribution in [0.1, 0.15) is 44.6 Å². The van der Waals surface area contributed by atoms with E-state index in [9.17, 15) is 0 Å². The number of hydrogen-bond acceptors (Lipinski definition) is 2. The van der Waals surface area contributed by atoms with Crippen LogP contribution in [0.5, 0.6) is 0 Å². The molecule has 1 heterocycles. The zero-order chi connectivity index (χ0) is 14.4. The van der Waals surface area contributed by atoms with Gasteiger partial charge in [0, 0.05) is 25.2 Å². The van der Waals surface area contributed by atoms with Gasteiger partial charge in [0.1, 0.15) is 0 Å². The fraction of sp³-hybridized carbons (Fsp3) is 0.667. The molecular formula is C18H29NO. The number of nitrogens with one attached hydrogen (secondary N) is 1. The van der Waals surface area contributed by atoms with Crippen LogP contribution in [0.4, 0.5) is 0 Å². The third kappa shape index (κ3) is 3.62. The molecule has 112 valence electrons. The summed E-state index contributed by atoms with van der Waals surface area (Å²) in [7, 11) is 2.12. The first-order chi connectivity index (χ1) is 9.77. The van der Waals surface area contributed by atoms with Crippen LogP contribution < -0.4 is 5.32 Å². The van der Waals surface area contributed by atoms with Gasteiger partial charge in [0.05, 0.1) is 0 Å². The highest BCUT2D eigenvalue weighted by molar-refractivity contribution is 5.22. The zero-order valence-electron chi connectivity index (χ0n) is 13.1. The van der Waals surface area contributed by atoms with Gasteiger partial charge in [-0.15, -0.1) is 0 Å². The minimum absolute atomic E-state index is 0.552. The molecule has 1 saturated heterocycles. The van der Waals surface area contributed by atoms with Crippen LogP contribution >= 0.6 is 0 Å². The number of hydrogen-bond donors (Lipinski definition) is 1. The molecule has 2 nitrogen and oxygen atoms in total. The van der Waals surface area contributed by atoms with E-state index in [1.54, 1.807) is 0 Å². The second-order valence-corrected chi connectivity index (χ2v) is 6.09. The lowest BCUT2D eigenvalue weighted by Crippen LogP contribution is -2.43. The Labute approximate surface area is 123 Å². The Morgan fingerprint density at radius 1 is 1.20 bits per heavy atom. The molecule has 2 rings (SSSR count). The Hall–Kier alpha value is -0.860. The van der Waals surface area contributed by atoms with Gasteiger partial charge in [0.25, 0.3) is 0 Å². The molecule has 0 aromatic heterocycles.